The molecular weight excluding hydrogens is 254 g/mol. The van der Waals surface area contributed by atoms with Crippen LogP contribution in [0.5, 0.6) is 0 Å². The minimum Gasteiger partial charge on any atom is -0.325 e. The van der Waals surface area contributed by atoms with Gasteiger partial charge in [0.2, 0.25) is 0 Å². The standard InChI is InChI=1S/C20H33N/c1-13(2)19-8-7-14(3)11-20(19,21)12-18-16(5)9-15(4)10-17(18)6/h9-10,13-14,19H,7-8,11-12,21H2,1-6H3. The normalized spacial score (nSPS) is 29.9. The van der Waals surface area contributed by atoms with E-state index in [0.717, 1.165) is 12.3 Å². The molecular formula is C20H33N. The van der Waals surface area contributed by atoms with Gasteiger partial charge in [-0.2, -0.15) is 0 Å². The fourth-order valence-electron chi connectivity index (χ4n) is 4.67. The zero-order valence-electron chi connectivity index (χ0n) is 14.8. The fraction of sp³-hybridized carbons (Fsp3) is 0.700. The van der Waals surface area contributed by atoms with Gasteiger partial charge in [0.25, 0.3) is 0 Å². The molecule has 1 nitrogen and oxygen atoms in total. The molecule has 3 unspecified atom stereocenters. The van der Waals surface area contributed by atoms with Gasteiger partial charge in [-0.05, 0) is 74.5 Å². The molecule has 1 saturated carbocycles. The topological polar surface area (TPSA) is 26.0 Å². The highest BCUT2D eigenvalue weighted by atomic mass is 14.8. The van der Waals surface area contributed by atoms with E-state index in [4.69, 9.17) is 5.73 Å². The van der Waals surface area contributed by atoms with Crippen LogP contribution in [0.2, 0.25) is 0 Å². The summed E-state index contributed by atoms with van der Waals surface area (Å²) in [4.78, 5) is 0. The second kappa shape index (κ2) is 6.12. The summed E-state index contributed by atoms with van der Waals surface area (Å²) in [5.74, 6) is 2.08. The van der Waals surface area contributed by atoms with Crippen molar-refractivity contribution in [3.8, 4) is 0 Å². The van der Waals surface area contributed by atoms with Crippen LogP contribution in [-0.4, -0.2) is 5.54 Å². The predicted octanol–water partition coefficient (Wildman–Crippen LogP) is 4.94. The summed E-state index contributed by atoms with van der Waals surface area (Å²) < 4.78 is 0. The van der Waals surface area contributed by atoms with Crippen molar-refractivity contribution in [2.24, 2.45) is 23.5 Å². The molecule has 0 bridgehead atoms. The third-order valence-electron chi connectivity index (χ3n) is 5.59. The van der Waals surface area contributed by atoms with Crippen molar-refractivity contribution in [3.05, 3.63) is 34.4 Å². The van der Waals surface area contributed by atoms with Crippen molar-refractivity contribution in [1.29, 1.82) is 0 Å². The summed E-state index contributed by atoms with van der Waals surface area (Å²) in [5.41, 5.74) is 12.6. The Balaban J connectivity index is 2.34. The molecule has 1 fully saturated rings. The van der Waals surface area contributed by atoms with Gasteiger partial charge in [0.1, 0.15) is 0 Å². The fourth-order valence-corrected chi connectivity index (χ4v) is 4.67. The third kappa shape index (κ3) is 3.51. The molecule has 2 rings (SSSR count). The smallest absolute Gasteiger partial charge is 0.0228 e. The van der Waals surface area contributed by atoms with Gasteiger partial charge >= 0.3 is 0 Å². The number of aryl methyl sites for hydroxylation is 3. The molecule has 0 spiro atoms. The zero-order valence-corrected chi connectivity index (χ0v) is 14.8. The number of hydrogen-bond donors (Lipinski definition) is 1. The van der Waals surface area contributed by atoms with Crippen molar-refractivity contribution >= 4 is 0 Å². The maximum Gasteiger partial charge on any atom is 0.0228 e. The SMILES string of the molecule is Cc1cc(C)c(CC2(N)CC(C)CCC2C(C)C)c(C)c1. The van der Waals surface area contributed by atoms with Crippen LogP contribution in [0.3, 0.4) is 0 Å². The average molecular weight is 287 g/mol. The first-order chi connectivity index (χ1) is 9.73. The zero-order chi connectivity index (χ0) is 15.8. The van der Waals surface area contributed by atoms with Crippen LogP contribution >= 0.6 is 0 Å². The second-order valence-electron chi connectivity index (χ2n) is 8.02. The molecule has 118 valence electrons. The lowest BCUT2D eigenvalue weighted by Gasteiger charge is -2.46. The lowest BCUT2D eigenvalue weighted by atomic mass is 9.63. The summed E-state index contributed by atoms with van der Waals surface area (Å²) >= 11 is 0. The Kier molecular flexibility index (Phi) is 4.82. The van der Waals surface area contributed by atoms with Gasteiger partial charge in [-0.15, -0.1) is 0 Å². The second-order valence-corrected chi connectivity index (χ2v) is 8.02. The minimum atomic E-state index is -0.0311. The summed E-state index contributed by atoms with van der Waals surface area (Å²) in [6, 6.07) is 4.62. The Morgan fingerprint density at radius 3 is 2.24 bits per heavy atom. The van der Waals surface area contributed by atoms with E-state index in [9.17, 15) is 0 Å². The number of benzene rings is 1. The summed E-state index contributed by atoms with van der Waals surface area (Å²) in [7, 11) is 0. The van der Waals surface area contributed by atoms with E-state index in [2.05, 4.69) is 53.7 Å². The highest BCUT2D eigenvalue weighted by Gasteiger charge is 2.41. The third-order valence-corrected chi connectivity index (χ3v) is 5.59. The molecule has 0 heterocycles. The molecule has 3 atom stereocenters. The lowest BCUT2D eigenvalue weighted by molar-refractivity contribution is 0.109. The minimum absolute atomic E-state index is 0.0311. The maximum atomic E-state index is 7.00. The summed E-state index contributed by atoms with van der Waals surface area (Å²) in [5, 5.41) is 0. The van der Waals surface area contributed by atoms with Gasteiger partial charge in [0, 0.05) is 5.54 Å². The molecule has 1 aliphatic carbocycles. The van der Waals surface area contributed by atoms with Gasteiger partial charge in [0.05, 0.1) is 0 Å². The first kappa shape index (κ1) is 16.5. The average Bonchev–Trinajstić information content (AvgIpc) is 2.33. The Bertz CT molecular complexity index is 480. The van der Waals surface area contributed by atoms with E-state index in [1.54, 1.807) is 0 Å². The van der Waals surface area contributed by atoms with Gasteiger partial charge in [-0.1, -0.05) is 44.9 Å². The lowest BCUT2D eigenvalue weighted by Crippen LogP contribution is -2.54. The number of nitrogens with two attached hydrogens (primary N) is 1. The molecule has 1 aliphatic rings. The van der Waals surface area contributed by atoms with Gasteiger partial charge in [-0.3, -0.25) is 0 Å². The van der Waals surface area contributed by atoms with Gasteiger partial charge in [-0.25, -0.2) is 0 Å². The maximum absolute atomic E-state index is 7.00. The Hall–Kier alpha value is -0.820. The van der Waals surface area contributed by atoms with Crippen LogP contribution in [0.4, 0.5) is 0 Å². The molecule has 0 saturated heterocycles. The molecule has 1 aromatic carbocycles. The first-order valence-corrected chi connectivity index (χ1v) is 8.58. The van der Waals surface area contributed by atoms with E-state index >= 15 is 0 Å². The molecule has 0 amide bonds. The van der Waals surface area contributed by atoms with Crippen LogP contribution in [0.25, 0.3) is 0 Å². The molecule has 0 aromatic heterocycles. The van der Waals surface area contributed by atoms with Crippen molar-refractivity contribution in [1.82, 2.24) is 0 Å². The first-order valence-electron chi connectivity index (χ1n) is 8.58. The summed E-state index contributed by atoms with van der Waals surface area (Å²) in [6.07, 6.45) is 4.84. The quantitative estimate of drug-likeness (QED) is 0.837. The molecule has 1 heteroatoms. The van der Waals surface area contributed by atoms with E-state index in [1.807, 2.05) is 0 Å². The Labute approximate surface area is 131 Å². The monoisotopic (exact) mass is 287 g/mol. The molecule has 1 aromatic rings. The molecule has 2 N–H and O–H groups in total. The molecule has 0 aliphatic heterocycles. The van der Waals surface area contributed by atoms with Crippen LogP contribution in [0.1, 0.15) is 62.3 Å². The van der Waals surface area contributed by atoms with Crippen molar-refractivity contribution in [2.75, 3.05) is 0 Å². The van der Waals surface area contributed by atoms with E-state index < -0.39 is 0 Å². The van der Waals surface area contributed by atoms with Crippen molar-refractivity contribution < 1.29 is 0 Å². The predicted molar refractivity (Wildman–Crippen MR) is 92.6 cm³/mol. The molecule has 0 radical (unpaired) electrons. The Morgan fingerprint density at radius 2 is 1.71 bits per heavy atom. The van der Waals surface area contributed by atoms with Crippen LogP contribution < -0.4 is 5.73 Å². The van der Waals surface area contributed by atoms with E-state index in [1.165, 1.54) is 41.5 Å². The van der Waals surface area contributed by atoms with Crippen LogP contribution in [-0.2, 0) is 6.42 Å². The van der Waals surface area contributed by atoms with Crippen molar-refractivity contribution in [2.45, 2.75) is 72.8 Å². The highest BCUT2D eigenvalue weighted by Crippen LogP contribution is 2.42. The molecule has 21 heavy (non-hydrogen) atoms. The Morgan fingerprint density at radius 1 is 1.14 bits per heavy atom. The van der Waals surface area contributed by atoms with E-state index in [-0.39, 0.29) is 5.54 Å². The summed E-state index contributed by atoms with van der Waals surface area (Å²) in [6.45, 7) is 13.7. The van der Waals surface area contributed by atoms with Gasteiger partial charge in [0.15, 0.2) is 0 Å². The van der Waals surface area contributed by atoms with Crippen molar-refractivity contribution in [3.63, 3.8) is 0 Å². The van der Waals surface area contributed by atoms with Gasteiger partial charge < -0.3 is 5.73 Å². The van der Waals surface area contributed by atoms with Crippen LogP contribution in [0, 0.1) is 38.5 Å². The number of rotatable bonds is 3. The van der Waals surface area contributed by atoms with Crippen LogP contribution in [0.15, 0.2) is 12.1 Å². The number of hydrogen-bond acceptors (Lipinski definition) is 1. The van der Waals surface area contributed by atoms with E-state index in [0.29, 0.717) is 11.8 Å². The highest BCUT2D eigenvalue weighted by molar-refractivity contribution is 5.39. The largest absolute Gasteiger partial charge is 0.325 e.